The zero-order valence-electron chi connectivity index (χ0n) is 11.5. The lowest BCUT2D eigenvalue weighted by Crippen LogP contribution is -2.50. The molecule has 114 valence electrons. The summed E-state index contributed by atoms with van der Waals surface area (Å²) in [6.45, 7) is 1.50. The minimum atomic E-state index is -1.14. The molecular formula is C13H16FN3O4. The van der Waals surface area contributed by atoms with Gasteiger partial charge >= 0.3 is 0 Å². The Balaban J connectivity index is 2.17. The largest absolute Gasteiger partial charge is 0.487 e. The van der Waals surface area contributed by atoms with E-state index in [4.69, 9.17) is 16.2 Å². The summed E-state index contributed by atoms with van der Waals surface area (Å²) >= 11 is 0. The molecule has 1 saturated carbocycles. The van der Waals surface area contributed by atoms with E-state index in [1.165, 1.54) is 13.0 Å². The summed E-state index contributed by atoms with van der Waals surface area (Å²) in [5.74, 6) is -1.52. The first-order valence-electron chi connectivity index (χ1n) is 6.43. The SMILES string of the molecule is Cc1cc(OC2CCC(N)(C(N)=O)C2)c(F)cc1[N+](=O)[O-]. The van der Waals surface area contributed by atoms with Crippen molar-refractivity contribution in [3.05, 3.63) is 33.6 Å². The Hall–Kier alpha value is -2.22. The van der Waals surface area contributed by atoms with E-state index in [9.17, 15) is 19.3 Å². The van der Waals surface area contributed by atoms with Crippen LogP contribution in [0.15, 0.2) is 12.1 Å². The van der Waals surface area contributed by atoms with Crippen LogP contribution in [0.1, 0.15) is 24.8 Å². The van der Waals surface area contributed by atoms with E-state index in [1.54, 1.807) is 0 Å². The van der Waals surface area contributed by atoms with Crippen LogP contribution in [0.25, 0.3) is 0 Å². The molecule has 0 spiro atoms. The summed E-state index contributed by atoms with van der Waals surface area (Å²) in [5, 5.41) is 10.7. The Bertz CT molecular complexity index is 607. The molecule has 2 unspecified atom stereocenters. The van der Waals surface area contributed by atoms with Crippen LogP contribution in [-0.2, 0) is 4.79 Å². The molecule has 0 radical (unpaired) electrons. The molecule has 1 aromatic carbocycles. The molecule has 21 heavy (non-hydrogen) atoms. The number of nitrogens with two attached hydrogens (primary N) is 2. The third-order valence-electron chi connectivity index (χ3n) is 3.74. The van der Waals surface area contributed by atoms with Crippen molar-refractivity contribution in [2.75, 3.05) is 0 Å². The highest BCUT2D eigenvalue weighted by Gasteiger charge is 2.42. The van der Waals surface area contributed by atoms with Crippen molar-refractivity contribution in [2.45, 2.75) is 37.8 Å². The van der Waals surface area contributed by atoms with Crippen LogP contribution in [0.2, 0.25) is 0 Å². The average Bonchev–Trinajstić information content (AvgIpc) is 2.76. The van der Waals surface area contributed by atoms with Crippen LogP contribution < -0.4 is 16.2 Å². The molecule has 7 nitrogen and oxygen atoms in total. The minimum Gasteiger partial charge on any atom is -0.487 e. The lowest BCUT2D eigenvalue weighted by Gasteiger charge is -2.20. The number of halogens is 1. The van der Waals surface area contributed by atoms with Crippen LogP contribution >= 0.6 is 0 Å². The number of nitro groups is 1. The van der Waals surface area contributed by atoms with E-state index in [2.05, 4.69) is 0 Å². The Labute approximate surface area is 120 Å². The van der Waals surface area contributed by atoms with E-state index >= 15 is 0 Å². The second kappa shape index (κ2) is 5.28. The predicted molar refractivity (Wildman–Crippen MR) is 72.2 cm³/mol. The van der Waals surface area contributed by atoms with Crippen molar-refractivity contribution < 1.29 is 18.8 Å². The van der Waals surface area contributed by atoms with Gasteiger partial charge in [0.25, 0.3) is 5.69 Å². The van der Waals surface area contributed by atoms with Crippen LogP contribution in [0.4, 0.5) is 10.1 Å². The molecule has 0 saturated heterocycles. The van der Waals surface area contributed by atoms with Crippen molar-refractivity contribution >= 4 is 11.6 Å². The van der Waals surface area contributed by atoms with Crippen LogP contribution in [0, 0.1) is 22.9 Å². The Morgan fingerprint density at radius 2 is 2.24 bits per heavy atom. The van der Waals surface area contributed by atoms with Crippen LogP contribution in [0.3, 0.4) is 0 Å². The number of primary amides is 1. The molecule has 0 bridgehead atoms. The maximum atomic E-state index is 13.8. The van der Waals surface area contributed by atoms with E-state index in [0.717, 1.165) is 6.07 Å². The monoisotopic (exact) mass is 297 g/mol. The highest BCUT2D eigenvalue weighted by molar-refractivity contribution is 5.84. The molecular weight excluding hydrogens is 281 g/mol. The minimum absolute atomic E-state index is 0.0863. The Morgan fingerprint density at radius 3 is 2.76 bits per heavy atom. The molecule has 1 aliphatic carbocycles. The number of nitro benzene ring substituents is 1. The molecule has 0 aliphatic heterocycles. The lowest BCUT2D eigenvalue weighted by molar-refractivity contribution is -0.385. The van der Waals surface area contributed by atoms with Gasteiger partial charge in [-0.25, -0.2) is 4.39 Å². The summed E-state index contributed by atoms with van der Waals surface area (Å²) < 4.78 is 19.3. The Morgan fingerprint density at radius 1 is 1.57 bits per heavy atom. The highest BCUT2D eigenvalue weighted by Crippen LogP contribution is 2.33. The van der Waals surface area contributed by atoms with Gasteiger partial charge in [0.05, 0.1) is 16.5 Å². The van der Waals surface area contributed by atoms with Gasteiger partial charge in [0.1, 0.15) is 6.10 Å². The van der Waals surface area contributed by atoms with E-state index < -0.39 is 28.3 Å². The van der Waals surface area contributed by atoms with Gasteiger partial charge < -0.3 is 16.2 Å². The number of rotatable bonds is 4. The van der Waals surface area contributed by atoms with Crippen molar-refractivity contribution in [3.63, 3.8) is 0 Å². The number of amides is 1. The van der Waals surface area contributed by atoms with E-state index in [-0.39, 0.29) is 17.9 Å². The van der Waals surface area contributed by atoms with Gasteiger partial charge in [0.15, 0.2) is 11.6 Å². The zero-order valence-corrected chi connectivity index (χ0v) is 11.5. The van der Waals surface area contributed by atoms with Gasteiger partial charge in [-0.05, 0) is 25.8 Å². The van der Waals surface area contributed by atoms with Gasteiger partial charge in [0, 0.05) is 12.0 Å². The third kappa shape index (κ3) is 2.94. The van der Waals surface area contributed by atoms with Gasteiger partial charge in [-0.15, -0.1) is 0 Å². The van der Waals surface area contributed by atoms with Gasteiger partial charge in [0.2, 0.25) is 5.91 Å². The van der Waals surface area contributed by atoms with Crippen LogP contribution in [-0.4, -0.2) is 22.5 Å². The fourth-order valence-corrected chi connectivity index (χ4v) is 2.46. The van der Waals surface area contributed by atoms with Crippen LogP contribution in [0.5, 0.6) is 5.75 Å². The molecule has 2 rings (SSSR count). The van der Waals surface area contributed by atoms with Crippen molar-refractivity contribution in [1.29, 1.82) is 0 Å². The smallest absolute Gasteiger partial charge is 0.275 e. The standard InChI is InChI=1S/C13H16FN3O4/c1-7-4-11(9(14)5-10(7)17(19)20)21-8-2-3-13(16,6-8)12(15)18/h4-5,8H,2-3,6,16H2,1H3,(H2,15,18). The number of carbonyl (C=O) groups excluding carboxylic acids is 1. The summed E-state index contributed by atoms with van der Waals surface area (Å²) in [7, 11) is 0. The number of hydrogen-bond acceptors (Lipinski definition) is 5. The second-order valence-corrected chi connectivity index (χ2v) is 5.33. The lowest BCUT2D eigenvalue weighted by atomic mass is 9.99. The molecule has 1 fully saturated rings. The van der Waals surface area contributed by atoms with Crippen molar-refractivity contribution in [3.8, 4) is 5.75 Å². The van der Waals surface area contributed by atoms with Crippen molar-refractivity contribution in [2.24, 2.45) is 11.5 Å². The summed E-state index contributed by atoms with van der Waals surface area (Å²) in [6, 6.07) is 2.09. The zero-order chi connectivity index (χ0) is 15.8. The molecule has 1 aliphatic rings. The topological polar surface area (TPSA) is 121 Å². The number of aryl methyl sites for hydroxylation is 1. The van der Waals surface area contributed by atoms with Gasteiger partial charge in [-0.3, -0.25) is 14.9 Å². The fraction of sp³-hybridized carbons (Fsp3) is 0.462. The first kappa shape index (κ1) is 15.2. The summed E-state index contributed by atoms with van der Waals surface area (Å²) in [6.07, 6.45) is 0.575. The average molecular weight is 297 g/mol. The second-order valence-electron chi connectivity index (χ2n) is 5.33. The number of benzene rings is 1. The first-order valence-corrected chi connectivity index (χ1v) is 6.43. The first-order chi connectivity index (χ1) is 9.73. The number of nitrogens with zero attached hydrogens (tertiary/aromatic N) is 1. The molecule has 4 N–H and O–H groups in total. The quantitative estimate of drug-likeness (QED) is 0.638. The summed E-state index contributed by atoms with van der Waals surface area (Å²) in [5.41, 5.74) is 9.91. The number of carbonyl (C=O) groups is 1. The third-order valence-corrected chi connectivity index (χ3v) is 3.74. The number of ether oxygens (including phenoxy) is 1. The molecule has 0 heterocycles. The number of hydrogen-bond donors (Lipinski definition) is 2. The van der Waals surface area contributed by atoms with E-state index in [1.807, 2.05) is 0 Å². The maximum Gasteiger partial charge on any atom is 0.275 e. The molecule has 1 aromatic rings. The molecule has 0 aromatic heterocycles. The molecule has 2 atom stereocenters. The maximum absolute atomic E-state index is 13.8. The van der Waals surface area contributed by atoms with Crippen molar-refractivity contribution in [1.82, 2.24) is 0 Å². The fourth-order valence-electron chi connectivity index (χ4n) is 2.46. The van der Waals surface area contributed by atoms with Gasteiger partial charge in [-0.2, -0.15) is 0 Å². The highest BCUT2D eigenvalue weighted by atomic mass is 19.1. The van der Waals surface area contributed by atoms with Gasteiger partial charge in [-0.1, -0.05) is 0 Å². The predicted octanol–water partition coefficient (Wildman–Crippen LogP) is 1.16. The normalized spacial score (nSPS) is 24.8. The Kier molecular flexibility index (Phi) is 3.82. The molecule has 1 amide bonds. The van der Waals surface area contributed by atoms with E-state index in [0.29, 0.717) is 18.4 Å². The summed E-state index contributed by atoms with van der Waals surface area (Å²) in [4.78, 5) is 21.3. The molecule has 8 heteroatoms.